The number of benzene rings is 2. The summed E-state index contributed by atoms with van der Waals surface area (Å²) < 4.78 is 5.44. The van der Waals surface area contributed by atoms with Crippen molar-refractivity contribution in [3.63, 3.8) is 0 Å². The van der Waals surface area contributed by atoms with Crippen LogP contribution < -0.4 is 4.74 Å². The van der Waals surface area contributed by atoms with E-state index in [0.29, 0.717) is 27.9 Å². The Bertz CT molecular complexity index is 1080. The third-order valence-electron chi connectivity index (χ3n) is 4.30. The number of para-hydroxylation sites is 1. The molecule has 0 unspecified atom stereocenters. The fourth-order valence-corrected chi connectivity index (χ4v) is 3.88. The van der Waals surface area contributed by atoms with Crippen LogP contribution in [0.5, 0.6) is 5.75 Å². The summed E-state index contributed by atoms with van der Waals surface area (Å²) in [5.74, 6) is -1.76. The van der Waals surface area contributed by atoms with E-state index in [2.05, 4.69) is 4.99 Å². The zero-order valence-electron chi connectivity index (χ0n) is 16.6. The quantitative estimate of drug-likeness (QED) is 0.599. The molecule has 31 heavy (non-hydrogen) atoms. The number of amides is 1. The highest BCUT2D eigenvalue weighted by molar-refractivity contribution is 8.18. The van der Waals surface area contributed by atoms with E-state index in [1.54, 1.807) is 48.5 Å². The molecule has 2 aromatic carbocycles. The summed E-state index contributed by atoms with van der Waals surface area (Å²) >= 11 is 1.17. The van der Waals surface area contributed by atoms with Gasteiger partial charge in [0, 0.05) is 6.54 Å². The molecule has 0 saturated carbocycles. The minimum Gasteiger partial charge on any atom is -0.493 e. The van der Waals surface area contributed by atoms with Crippen molar-refractivity contribution < 1.29 is 29.3 Å². The second-order valence-corrected chi connectivity index (χ2v) is 7.45. The van der Waals surface area contributed by atoms with E-state index < -0.39 is 11.9 Å². The zero-order chi connectivity index (χ0) is 22.4. The minimum atomic E-state index is -1.09. The molecule has 1 aliphatic heterocycles. The predicted molar refractivity (Wildman–Crippen MR) is 118 cm³/mol. The molecular weight excluding hydrogens is 420 g/mol. The number of hydrogen-bond donors (Lipinski definition) is 2. The van der Waals surface area contributed by atoms with E-state index >= 15 is 0 Å². The molecule has 0 spiro atoms. The lowest BCUT2D eigenvalue weighted by Gasteiger charge is -2.12. The fraction of sp³-hybridized carbons (Fsp3) is 0.182. The van der Waals surface area contributed by atoms with E-state index in [0.717, 1.165) is 0 Å². The summed E-state index contributed by atoms with van der Waals surface area (Å²) in [7, 11) is 0. The molecule has 0 aliphatic carbocycles. The molecule has 0 bridgehead atoms. The summed E-state index contributed by atoms with van der Waals surface area (Å²) in [5.41, 5.74) is 1.05. The van der Waals surface area contributed by atoms with Gasteiger partial charge in [-0.05, 0) is 54.6 Å². The van der Waals surface area contributed by atoms with Crippen molar-refractivity contribution in [1.29, 1.82) is 0 Å². The number of ether oxygens (including phenoxy) is 1. The Balaban J connectivity index is 1.86. The zero-order valence-corrected chi connectivity index (χ0v) is 17.5. The molecule has 160 valence electrons. The third-order valence-corrected chi connectivity index (χ3v) is 5.30. The van der Waals surface area contributed by atoms with E-state index in [4.69, 9.17) is 9.84 Å². The summed E-state index contributed by atoms with van der Waals surface area (Å²) in [5, 5.41) is 18.5. The van der Waals surface area contributed by atoms with Crippen LogP contribution in [0.4, 0.5) is 5.69 Å². The second-order valence-electron chi connectivity index (χ2n) is 6.44. The van der Waals surface area contributed by atoms with Gasteiger partial charge in [0.05, 0.1) is 29.2 Å². The van der Waals surface area contributed by atoms with E-state index in [1.807, 2.05) is 6.92 Å². The molecule has 1 heterocycles. The highest BCUT2D eigenvalue weighted by Gasteiger charge is 2.32. The Morgan fingerprint density at radius 1 is 1.16 bits per heavy atom. The normalized spacial score (nSPS) is 16.2. The molecule has 1 saturated heterocycles. The van der Waals surface area contributed by atoms with Gasteiger partial charge in [0.1, 0.15) is 5.75 Å². The molecule has 0 radical (unpaired) electrons. The first-order valence-electron chi connectivity index (χ1n) is 9.46. The van der Waals surface area contributed by atoms with Crippen molar-refractivity contribution in [3.05, 3.63) is 64.6 Å². The summed E-state index contributed by atoms with van der Waals surface area (Å²) in [6.45, 7) is 2.25. The maximum atomic E-state index is 12.8. The van der Waals surface area contributed by atoms with E-state index in [9.17, 15) is 19.5 Å². The van der Waals surface area contributed by atoms with Crippen molar-refractivity contribution in [2.45, 2.75) is 13.3 Å². The molecule has 0 atom stereocenters. The number of thioether (sulfide) groups is 1. The van der Waals surface area contributed by atoms with Gasteiger partial charge in [-0.15, -0.1) is 0 Å². The topological polar surface area (TPSA) is 117 Å². The molecule has 3 rings (SSSR count). The van der Waals surface area contributed by atoms with Gasteiger partial charge in [0.15, 0.2) is 5.17 Å². The maximum absolute atomic E-state index is 12.8. The van der Waals surface area contributed by atoms with Crippen molar-refractivity contribution in [2.24, 2.45) is 4.99 Å². The number of aromatic carboxylic acids is 1. The number of amidine groups is 1. The molecule has 8 nitrogen and oxygen atoms in total. The van der Waals surface area contributed by atoms with Gasteiger partial charge in [0.2, 0.25) is 0 Å². The van der Waals surface area contributed by atoms with Crippen molar-refractivity contribution in [2.75, 3.05) is 13.2 Å². The van der Waals surface area contributed by atoms with Crippen LogP contribution in [0, 0.1) is 0 Å². The number of carboxylic acids is 2. The van der Waals surface area contributed by atoms with Crippen LogP contribution in [-0.4, -0.2) is 51.3 Å². The lowest BCUT2D eigenvalue weighted by atomic mass is 10.2. The molecule has 1 aliphatic rings. The van der Waals surface area contributed by atoms with Crippen molar-refractivity contribution in [1.82, 2.24) is 4.90 Å². The van der Waals surface area contributed by atoms with Crippen LogP contribution in [0.25, 0.3) is 6.08 Å². The summed E-state index contributed by atoms with van der Waals surface area (Å²) in [6.07, 6.45) is 1.59. The average Bonchev–Trinajstić information content (AvgIpc) is 3.02. The Kier molecular flexibility index (Phi) is 7.09. The number of carboxylic acid groups (broad SMARTS) is 2. The highest BCUT2D eigenvalue weighted by atomic mass is 32.2. The molecule has 1 fully saturated rings. The van der Waals surface area contributed by atoms with Crippen LogP contribution in [0.1, 0.15) is 29.3 Å². The van der Waals surface area contributed by atoms with Crippen LogP contribution in [0.3, 0.4) is 0 Å². The van der Waals surface area contributed by atoms with E-state index in [1.165, 1.54) is 22.7 Å². The van der Waals surface area contributed by atoms with Gasteiger partial charge >= 0.3 is 11.9 Å². The van der Waals surface area contributed by atoms with Gasteiger partial charge in [-0.1, -0.05) is 24.3 Å². The molecule has 2 N–H and O–H groups in total. The Labute approximate surface area is 182 Å². The number of rotatable bonds is 8. The smallest absolute Gasteiger partial charge is 0.337 e. The summed E-state index contributed by atoms with van der Waals surface area (Å²) in [4.78, 5) is 41.3. The number of carbonyl (C=O) groups is 3. The standard InChI is InChI=1S/C22H20N2O6S/c1-2-24-20(27)18(13-14-6-5-7-15(12-14)30-11-10-19(25)26)31-22(24)23-17-9-4-3-8-16(17)21(28)29/h3-9,12-13H,2,10-11H2,1H3,(H,25,26)(H,28,29)/b18-13-,23-22?. The first-order valence-corrected chi connectivity index (χ1v) is 10.3. The first kappa shape index (κ1) is 22.1. The third kappa shape index (κ3) is 5.52. The number of nitrogens with zero attached hydrogens (tertiary/aromatic N) is 2. The van der Waals surface area contributed by atoms with E-state index in [-0.39, 0.29) is 30.2 Å². The number of carbonyl (C=O) groups excluding carboxylic acids is 1. The summed E-state index contributed by atoms with van der Waals surface area (Å²) in [6, 6.07) is 13.3. The lowest BCUT2D eigenvalue weighted by molar-refractivity contribution is -0.137. The molecule has 9 heteroatoms. The van der Waals surface area contributed by atoms with Crippen molar-refractivity contribution >= 4 is 46.5 Å². The van der Waals surface area contributed by atoms with Gasteiger partial charge in [-0.3, -0.25) is 14.5 Å². The first-order chi connectivity index (χ1) is 14.9. The number of aliphatic carboxylic acids is 1. The van der Waals surface area contributed by atoms with Crippen molar-refractivity contribution in [3.8, 4) is 5.75 Å². The maximum Gasteiger partial charge on any atom is 0.337 e. The Morgan fingerprint density at radius 2 is 1.94 bits per heavy atom. The molecule has 2 aromatic rings. The Hall–Kier alpha value is -3.59. The predicted octanol–water partition coefficient (Wildman–Crippen LogP) is 3.86. The fourth-order valence-electron chi connectivity index (χ4n) is 2.83. The SMILES string of the molecule is CCN1C(=O)/C(=C/c2cccc(OCCC(=O)O)c2)SC1=Nc1ccccc1C(=O)O. The van der Waals surface area contributed by atoms with Gasteiger partial charge < -0.3 is 14.9 Å². The van der Waals surface area contributed by atoms with Crippen LogP contribution in [0.15, 0.2) is 58.4 Å². The number of aliphatic imine (C=N–C) groups is 1. The van der Waals surface area contributed by atoms with Crippen LogP contribution >= 0.6 is 11.8 Å². The highest BCUT2D eigenvalue weighted by Crippen LogP contribution is 2.35. The van der Waals surface area contributed by atoms with Gasteiger partial charge in [-0.25, -0.2) is 9.79 Å². The molecule has 1 amide bonds. The number of hydrogen-bond acceptors (Lipinski definition) is 6. The lowest BCUT2D eigenvalue weighted by Crippen LogP contribution is -2.28. The van der Waals surface area contributed by atoms with Gasteiger partial charge in [-0.2, -0.15) is 0 Å². The molecule has 0 aromatic heterocycles. The monoisotopic (exact) mass is 440 g/mol. The minimum absolute atomic E-state index is 0.0481. The van der Waals surface area contributed by atoms with Gasteiger partial charge in [0.25, 0.3) is 5.91 Å². The number of likely N-dealkylation sites (N-methyl/N-ethyl adjacent to an activating group) is 1. The Morgan fingerprint density at radius 3 is 2.65 bits per heavy atom. The molecular formula is C22H20N2O6S. The van der Waals surface area contributed by atoms with Crippen LogP contribution in [-0.2, 0) is 9.59 Å². The second kappa shape index (κ2) is 9.94. The average molecular weight is 440 g/mol. The largest absolute Gasteiger partial charge is 0.493 e. The van der Waals surface area contributed by atoms with Crippen LogP contribution in [0.2, 0.25) is 0 Å².